The number of nitrogens with zero attached hydrogens (tertiary/aromatic N) is 2. The van der Waals surface area contributed by atoms with Crippen molar-refractivity contribution < 1.29 is 9.59 Å². The molecule has 0 spiro atoms. The number of aryl methyl sites for hydroxylation is 1. The quantitative estimate of drug-likeness (QED) is 0.737. The maximum absolute atomic E-state index is 11.6. The van der Waals surface area contributed by atoms with Gasteiger partial charge in [0.1, 0.15) is 0 Å². The number of nitrogens with two attached hydrogens (primary N) is 1. The van der Waals surface area contributed by atoms with E-state index in [1.807, 2.05) is 43.1 Å². The molecule has 0 bridgehead atoms. The lowest BCUT2D eigenvalue weighted by Gasteiger charge is -2.15. The standard InChI is InChI=1S/C14H19N5O2/c1-9-3-5-10(6-4-9)11-8-19(2)13(17-11)18-14(21)16-7-12(15)20/h3-6,11H,7-8H2,1-2H3,(H2,15,20)(H2,16,17,18,21). The Morgan fingerprint density at radius 2 is 2.05 bits per heavy atom. The molecule has 0 aromatic heterocycles. The van der Waals surface area contributed by atoms with Gasteiger partial charge in [-0.1, -0.05) is 29.8 Å². The van der Waals surface area contributed by atoms with Gasteiger partial charge in [-0.05, 0) is 12.5 Å². The molecule has 1 aromatic rings. The van der Waals surface area contributed by atoms with Gasteiger partial charge in [-0.25, -0.2) is 9.79 Å². The van der Waals surface area contributed by atoms with E-state index in [0.29, 0.717) is 12.5 Å². The van der Waals surface area contributed by atoms with E-state index in [-0.39, 0.29) is 12.6 Å². The highest BCUT2D eigenvalue weighted by molar-refractivity contribution is 5.98. The van der Waals surface area contributed by atoms with Crippen molar-refractivity contribution in [2.24, 2.45) is 10.7 Å². The molecule has 2 rings (SSSR count). The summed E-state index contributed by atoms with van der Waals surface area (Å²) in [6.07, 6.45) is 0. The van der Waals surface area contributed by atoms with E-state index < -0.39 is 11.9 Å². The fourth-order valence-corrected chi connectivity index (χ4v) is 2.04. The summed E-state index contributed by atoms with van der Waals surface area (Å²) in [6, 6.07) is 7.64. The number of hydrogen-bond donors (Lipinski definition) is 3. The van der Waals surface area contributed by atoms with Crippen molar-refractivity contribution in [3.63, 3.8) is 0 Å². The van der Waals surface area contributed by atoms with Crippen molar-refractivity contribution in [2.75, 3.05) is 20.1 Å². The second-order valence-electron chi connectivity index (χ2n) is 5.03. The van der Waals surface area contributed by atoms with Gasteiger partial charge in [0.2, 0.25) is 11.9 Å². The largest absolute Gasteiger partial charge is 0.368 e. The van der Waals surface area contributed by atoms with E-state index in [1.54, 1.807) is 0 Å². The van der Waals surface area contributed by atoms with Crippen LogP contribution in [-0.2, 0) is 4.79 Å². The average Bonchev–Trinajstić information content (AvgIpc) is 2.78. The van der Waals surface area contributed by atoms with Crippen molar-refractivity contribution >= 4 is 17.9 Å². The molecule has 3 amide bonds. The third-order valence-corrected chi connectivity index (χ3v) is 3.20. The van der Waals surface area contributed by atoms with Gasteiger partial charge in [0.15, 0.2) is 0 Å². The molecule has 0 saturated heterocycles. The number of guanidine groups is 1. The zero-order valence-corrected chi connectivity index (χ0v) is 12.1. The predicted octanol–water partition coefficient (Wildman–Crippen LogP) is 0.122. The molecule has 0 aliphatic carbocycles. The molecule has 1 heterocycles. The molecule has 1 aliphatic rings. The van der Waals surface area contributed by atoms with Crippen LogP contribution in [0.3, 0.4) is 0 Å². The first-order valence-corrected chi connectivity index (χ1v) is 6.64. The number of benzene rings is 1. The molecule has 7 heteroatoms. The van der Waals surface area contributed by atoms with E-state index in [2.05, 4.69) is 15.6 Å². The van der Waals surface area contributed by atoms with Crippen LogP contribution in [0.4, 0.5) is 4.79 Å². The molecule has 4 N–H and O–H groups in total. The number of primary amides is 1. The summed E-state index contributed by atoms with van der Waals surface area (Å²) in [5.41, 5.74) is 7.26. The molecule has 0 fully saturated rings. The molecule has 0 radical (unpaired) electrons. The molecular formula is C14H19N5O2. The molecular weight excluding hydrogens is 270 g/mol. The third kappa shape index (κ3) is 3.95. The smallest absolute Gasteiger partial charge is 0.321 e. The monoisotopic (exact) mass is 289 g/mol. The fourth-order valence-electron chi connectivity index (χ4n) is 2.04. The minimum Gasteiger partial charge on any atom is -0.368 e. The Bertz CT molecular complexity index is 567. The fraction of sp³-hybridized carbons (Fsp3) is 0.357. The van der Waals surface area contributed by atoms with Crippen LogP contribution in [0.2, 0.25) is 0 Å². The van der Waals surface area contributed by atoms with Crippen LogP contribution < -0.4 is 16.4 Å². The van der Waals surface area contributed by atoms with Gasteiger partial charge < -0.3 is 16.0 Å². The zero-order valence-electron chi connectivity index (χ0n) is 12.1. The molecule has 112 valence electrons. The Labute approximate surface area is 123 Å². The highest BCUT2D eigenvalue weighted by Gasteiger charge is 2.24. The highest BCUT2D eigenvalue weighted by Crippen LogP contribution is 2.23. The summed E-state index contributed by atoms with van der Waals surface area (Å²) in [5.74, 6) is -0.119. The summed E-state index contributed by atoms with van der Waals surface area (Å²) in [7, 11) is 1.85. The second kappa shape index (κ2) is 6.25. The summed E-state index contributed by atoms with van der Waals surface area (Å²) in [6.45, 7) is 2.52. The van der Waals surface area contributed by atoms with E-state index >= 15 is 0 Å². The third-order valence-electron chi connectivity index (χ3n) is 3.20. The lowest BCUT2D eigenvalue weighted by atomic mass is 10.1. The van der Waals surface area contributed by atoms with Crippen molar-refractivity contribution in [2.45, 2.75) is 13.0 Å². The van der Waals surface area contributed by atoms with Crippen LogP contribution in [0.15, 0.2) is 29.3 Å². The number of urea groups is 1. The molecule has 1 aliphatic heterocycles. The van der Waals surface area contributed by atoms with Crippen molar-refractivity contribution in [1.29, 1.82) is 0 Å². The SMILES string of the molecule is Cc1ccc(C2CN(C)C(NC(=O)NCC(N)=O)=N2)cc1. The number of nitrogens with one attached hydrogen (secondary N) is 2. The topological polar surface area (TPSA) is 99.8 Å². The van der Waals surface area contributed by atoms with E-state index in [9.17, 15) is 9.59 Å². The Hall–Kier alpha value is -2.57. The lowest BCUT2D eigenvalue weighted by Crippen LogP contribution is -2.46. The normalized spacial score (nSPS) is 17.3. The first-order chi connectivity index (χ1) is 9.95. The van der Waals surface area contributed by atoms with Gasteiger partial charge in [0.05, 0.1) is 12.6 Å². The number of hydrogen-bond acceptors (Lipinski definition) is 4. The van der Waals surface area contributed by atoms with Crippen molar-refractivity contribution in [1.82, 2.24) is 15.5 Å². The van der Waals surface area contributed by atoms with Gasteiger partial charge in [0, 0.05) is 13.6 Å². The maximum atomic E-state index is 11.6. The Morgan fingerprint density at radius 1 is 1.38 bits per heavy atom. The first-order valence-electron chi connectivity index (χ1n) is 6.64. The van der Waals surface area contributed by atoms with Gasteiger partial charge in [-0.2, -0.15) is 0 Å². The Balaban J connectivity index is 1.99. The van der Waals surface area contributed by atoms with E-state index in [4.69, 9.17) is 5.73 Å². The number of amides is 3. The second-order valence-corrected chi connectivity index (χ2v) is 5.03. The average molecular weight is 289 g/mol. The van der Waals surface area contributed by atoms with Crippen LogP contribution in [0, 0.1) is 6.92 Å². The Morgan fingerprint density at radius 3 is 2.67 bits per heavy atom. The van der Waals surface area contributed by atoms with Gasteiger partial charge in [-0.15, -0.1) is 0 Å². The van der Waals surface area contributed by atoms with Crippen LogP contribution in [0.25, 0.3) is 0 Å². The molecule has 1 atom stereocenters. The number of rotatable bonds is 3. The van der Waals surface area contributed by atoms with Gasteiger partial charge in [-0.3, -0.25) is 10.1 Å². The molecule has 7 nitrogen and oxygen atoms in total. The Kier molecular flexibility index (Phi) is 4.42. The molecule has 1 aromatic carbocycles. The minimum absolute atomic E-state index is 0.0120. The number of carbonyl (C=O) groups excluding carboxylic acids is 2. The summed E-state index contributed by atoms with van der Waals surface area (Å²) in [5, 5.41) is 4.97. The van der Waals surface area contributed by atoms with Gasteiger partial charge >= 0.3 is 6.03 Å². The van der Waals surface area contributed by atoms with Crippen molar-refractivity contribution in [3.8, 4) is 0 Å². The number of carbonyl (C=O) groups is 2. The summed E-state index contributed by atoms with van der Waals surface area (Å²) < 4.78 is 0. The summed E-state index contributed by atoms with van der Waals surface area (Å²) >= 11 is 0. The molecule has 0 saturated carbocycles. The van der Waals surface area contributed by atoms with E-state index in [0.717, 1.165) is 5.56 Å². The van der Waals surface area contributed by atoms with Crippen LogP contribution in [0.5, 0.6) is 0 Å². The zero-order chi connectivity index (χ0) is 15.4. The minimum atomic E-state index is -0.593. The van der Waals surface area contributed by atoms with E-state index in [1.165, 1.54) is 5.56 Å². The predicted molar refractivity (Wildman–Crippen MR) is 79.7 cm³/mol. The number of aliphatic imine (C=N–C) groups is 1. The van der Waals surface area contributed by atoms with Crippen LogP contribution in [0.1, 0.15) is 17.2 Å². The van der Waals surface area contributed by atoms with Crippen LogP contribution in [-0.4, -0.2) is 42.9 Å². The first kappa shape index (κ1) is 14.8. The highest BCUT2D eigenvalue weighted by atomic mass is 16.2. The van der Waals surface area contributed by atoms with Gasteiger partial charge in [0.25, 0.3) is 0 Å². The van der Waals surface area contributed by atoms with Crippen molar-refractivity contribution in [3.05, 3.63) is 35.4 Å². The molecule has 21 heavy (non-hydrogen) atoms. The number of likely N-dealkylation sites (N-methyl/N-ethyl adjacent to an activating group) is 1. The maximum Gasteiger partial charge on any atom is 0.321 e. The molecule has 1 unspecified atom stereocenters. The van der Waals surface area contributed by atoms with Crippen LogP contribution >= 0.6 is 0 Å². The summed E-state index contributed by atoms with van der Waals surface area (Å²) in [4.78, 5) is 28.6. The lowest BCUT2D eigenvalue weighted by molar-refractivity contribution is -0.117.